The van der Waals surface area contributed by atoms with E-state index in [1.807, 2.05) is 19.9 Å². The number of hydrogen-bond acceptors (Lipinski definition) is 4. The Morgan fingerprint density at radius 2 is 1.50 bits per heavy atom. The molecule has 0 radical (unpaired) electrons. The topological polar surface area (TPSA) is 52.6 Å². The van der Waals surface area contributed by atoms with Gasteiger partial charge in [-0.05, 0) is 39.8 Å². The van der Waals surface area contributed by atoms with Gasteiger partial charge in [0.05, 0.1) is 6.42 Å². The van der Waals surface area contributed by atoms with Crippen LogP contribution < -0.4 is 0 Å². The average Bonchev–Trinajstić information content (AvgIpc) is 2.37. The van der Waals surface area contributed by atoms with Crippen LogP contribution in [0.15, 0.2) is 18.2 Å². The smallest absolute Gasteiger partial charge is 0.218 e. The molecule has 0 spiro atoms. The van der Waals surface area contributed by atoms with E-state index in [-0.39, 0.29) is 18.0 Å². The minimum Gasteiger partial charge on any atom is -0.346 e. The third-order valence-corrected chi connectivity index (χ3v) is 2.78. The first-order valence-corrected chi connectivity index (χ1v) is 6.85. The molecular formula is C16H22O4. The van der Waals surface area contributed by atoms with Gasteiger partial charge in [0.15, 0.2) is 11.6 Å². The lowest BCUT2D eigenvalue weighted by Gasteiger charge is -2.15. The van der Waals surface area contributed by atoms with Crippen molar-refractivity contribution in [2.75, 3.05) is 13.2 Å². The molecule has 0 bridgehead atoms. The molecular weight excluding hydrogens is 256 g/mol. The maximum Gasteiger partial charge on any atom is 0.218 e. The first-order chi connectivity index (χ1) is 9.47. The molecule has 0 saturated heterocycles. The van der Waals surface area contributed by atoms with Crippen LogP contribution in [-0.4, -0.2) is 31.1 Å². The predicted molar refractivity (Wildman–Crippen MR) is 76.9 cm³/mol. The zero-order valence-corrected chi connectivity index (χ0v) is 12.6. The fourth-order valence-corrected chi connectivity index (χ4v) is 2.02. The summed E-state index contributed by atoms with van der Waals surface area (Å²) in [6.45, 7) is 8.15. The normalized spacial score (nSPS) is 10.8. The van der Waals surface area contributed by atoms with Gasteiger partial charge in [-0.3, -0.25) is 9.59 Å². The number of aryl methyl sites for hydroxylation is 2. The molecule has 4 heteroatoms. The van der Waals surface area contributed by atoms with E-state index in [2.05, 4.69) is 0 Å². The molecule has 0 N–H and O–H groups in total. The highest BCUT2D eigenvalue weighted by atomic mass is 16.7. The van der Waals surface area contributed by atoms with Crippen LogP contribution in [0.4, 0.5) is 0 Å². The molecule has 1 aromatic rings. The van der Waals surface area contributed by atoms with Gasteiger partial charge in [-0.25, -0.2) is 0 Å². The predicted octanol–water partition coefficient (Wildman–Crippen LogP) is 2.84. The lowest BCUT2D eigenvalue weighted by molar-refractivity contribution is -0.166. The molecule has 0 aliphatic heterocycles. The maximum absolute atomic E-state index is 12.1. The van der Waals surface area contributed by atoms with E-state index in [1.165, 1.54) is 0 Å². The summed E-state index contributed by atoms with van der Waals surface area (Å²) >= 11 is 0. The number of carbonyl (C=O) groups is 2. The summed E-state index contributed by atoms with van der Waals surface area (Å²) in [6.07, 6.45) is -1.15. The lowest BCUT2D eigenvalue weighted by atomic mass is 10.0. The van der Waals surface area contributed by atoms with Crippen LogP contribution in [0, 0.1) is 13.8 Å². The fourth-order valence-electron chi connectivity index (χ4n) is 2.02. The van der Waals surface area contributed by atoms with Crippen molar-refractivity contribution in [2.24, 2.45) is 0 Å². The molecule has 0 fully saturated rings. The zero-order valence-electron chi connectivity index (χ0n) is 12.6. The highest BCUT2D eigenvalue weighted by molar-refractivity contribution is 6.09. The molecule has 20 heavy (non-hydrogen) atoms. The second kappa shape index (κ2) is 7.92. The largest absolute Gasteiger partial charge is 0.346 e. The second-order valence-electron chi connectivity index (χ2n) is 4.69. The lowest BCUT2D eigenvalue weighted by Crippen LogP contribution is -2.29. The summed E-state index contributed by atoms with van der Waals surface area (Å²) in [5.41, 5.74) is 2.57. The van der Waals surface area contributed by atoms with Crippen molar-refractivity contribution in [1.82, 2.24) is 0 Å². The van der Waals surface area contributed by atoms with Gasteiger partial charge in [-0.1, -0.05) is 17.2 Å². The van der Waals surface area contributed by atoms with Crippen molar-refractivity contribution in [1.29, 1.82) is 0 Å². The van der Waals surface area contributed by atoms with Gasteiger partial charge in [-0.15, -0.1) is 0 Å². The van der Waals surface area contributed by atoms with Crippen molar-refractivity contribution in [3.8, 4) is 0 Å². The van der Waals surface area contributed by atoms with Crippen LogP contribution in [0.3, 0.4) is 0 Å². The van der Waals surface area contributed by atoms with Crippen LogP contribution >= 0.6 is 0 Å². The van der Waals surface area contributed by atoms with Gasteiger partial charge in [-0.2, -0.15) is 0 Å². The standard InChI is InChI=1S/C16H22O4/c1-5-19-16(20-6-2)15(18)10-14(17)13-8-11(3)7-12(4)9-13/h7-9,16H,5-6,10H2,1-4H3. The summed E-state index contributed by atoms with van der Waals surface area (Å²) < 4.78 is 10.4. The Morgan fingerprint density at radius 1 is 1.00 bits per heavy atom. The molecule has 4 nitrogen and oxygen atoms in total. The van der Waals surface area contributed by atoms with Crippen molar-refractivity contribution >= 4 is 11.6 Å². The minimum atomic E-state index is -0.945. The summed E-state index contributed by atoms with van der Waals surface area (Å²) in [5, 5.41) is 0. The average molecular weight is 278 g/mol. The molecule has 0 saturated carbocycles. The highest BCUT2D eigenvalue weighted by Crippen LogP contribution is 2.12. The Balaban J connectivity index is 2.75. The van der Waals surface area contributed by atoms with Crippen molar-refractivity contribution < 1.29 is 19.1 Å². The number of carbonyl (C=O) groups excluding carboxylic acids is 2. The molecule has 0 atom stereocenters. The van der Waals surface area contributed by atoms with E-state index >= 15 is 0 Å². The summed E-state index contributed by atoms with van der Waals surface area (Å²) in [7, 11) is 0. The molecule has 110 valence electrons. The van der Waals surface area contributed by atoms with Crippen molar-refractivity contribution in [3.63, 3.8) is 0 Å². The Labute approximate surface area is 120 Å². The molecule has 0 aliphatic rings. The van der Waals surface area contributed by atoms with Gasteiger partial charge in [0.25, 0.3) is 0 Å². The maximum atomic E-state index is 12.1. The number of Topliss-reactive ketones (excluding diaryl/α,β-unsaturated/α-hetero) is 2. The van der Waals surface area contributed by atoms with Gasteiger partial charge >= 0.3 is 0 Å². The number of hydrogen-bond donors (Lipinski definition) is 0. The number of ketones is 2. The van der Waals surface area contributed by atoms with Gasteiger partial charge in [0.2, 0.25) is 6.29 Å². The Hall–Kier alpha value is -1.52. The number of benzene rings is 1. The van der Waals surface area contributed by atoms with E-state index in [0.717, 1.165) is 11.1 Å². The van der Waals surface area contributed by atoms with E-state index in [1.54, 1.807) is 26.0 Å². The molecule has 0 amide bonds. The highest BCUT2D eigenvalue weighted by Gasteiger charge is 2.22. The van der Waals surface area contributed by atoms with Gasteiger partial charge in [0, 0.05) is 18.8 Å². The monoisotopic (exact) mass is 278 g/mol. The Bertz CT molecular complexity index is 453. The minimum absolute atomic E-state index is 0.201. The molecule has 0 aromatic heterocycles. The summed E-state index contributed by atoms with van der Waals surface area (Å²) in [6, 6.07) is 5.57. The van der Waals surface area contributed by atoms with Crippen LogP contribution in [0.5, 0.6) is 0 Å². The van der Waals surface area contributed by atoms with Crippen LogP contribution in [0.2, 0.25) is 0 Å². The Kier molecular flexibility index (Phi) is 6.55. The van der Waals surface area contributed by atoms with E-state index in [0.29, 0.717) is 18.8 Å². The molecule has 0 aliphatic carbocycles. The molecule has 1 rings (SSSR count). The van der Waals surface area contributed by atoms with Crippen LogP contribution in [0.1, 0.15) is 41.8 Å². The van der Waals surface area contributed by atoms with Crippen molar-refractivity contribution in [3.05, 3.63) is 34.9 Å². The summed E-state index contributed by atoms with van der Waals surface area (Å²) in [4.78, 5) is 24.1. The Morgan fingerprint density at radius 3 is 1.95 bits per heavy atom. The van der Waals surface area contributed by atoms with E-state index in [9.17, 15) is 9.59 Å². The van der Waals surface area contributed by atoms with E-state index < -0.39 is 6.29 Å². The van der Waals surface area contributed by atoms with E-state index in [4.69, 9.17) is 9.47 Å². The SMILES string of the molecule is CCOC(OCC)C(=O)CC(=O)c1cc(C)cc(C)c1. The summed E-state index contributed by atoms with van der Waals surface area (Å²) in [5.74, 6) is -0.538. The molecule has 0 heterocycles. The molecule has 1 aromatic carbocycles. The second-order valence-corrected chi connectivity index (χ2v) is 4.69. The number of ether oxygens (including phenoxy) is 2. The first-order valence-electron chi connectivity index (χ1n) is 6.85. The zero-order chi connectivity index (χ0) is 15.1. The van der Waals surface area contributed by atoms with Crippen LogP contribution in [0.25, 0.3) is 0 Å². The fraction of sp³-hybridized carbons (Fsp3) is 0.500. The van der Waals surface area contributed by atoms with Crippen molar-refractivity contribution in [2.45, 2.75) is 40.4 Å². The quantitative estimate of drug-likeness (QED) is 0.417. The molecule has 0 unspecified atom stereocenters. The number of rotatable bonds is 8. The van der Waals surface area contributed by atoms with Crippen LogP contribution in [-0.2, 0) is 14.3 Å². The van der Waals surface area contributed by atoms with Gasteiger partial charge < -0.3 is 9.47 Å². The third kappa shape index (κ3) is 4.87. The van der Waals surface area contributed by atoms with Gasteiger partial charge in [0.1, 0.15) is 0 Å². The third-order valence-electron chi connectivity index (χ3n) is 2.78. The first kappa shape index (κ1) is 16.5.